The van der Waals surface area contributed by atoms with Crippen molar-refractivity contribution in [3.8, 4) is 0 Å². The van der Waals surface area contributed by atoms with Crippen molar-refractivity contribution in [2.45, 2.75) is 13.8 Å². The molecular weight excluding hydrogens is 88.1 g/mol. The zero-order chi connectivity index (χ0) is 5.70. The van der Waals surface area contributed by atoms with Gasteiger partial charge in [0, 0.05) is 12.4 Å². The third kappa shape index (κ3) is 3.03. The standard InChI is InChI=1S/C5H10N2/c1-4-5(2)7-6-3/h4,7H,3H2,1-2H3/b5-4-. The molecule has 0 fully saturated rings. The lowest BCUT2D eigenvalue weighted by molar-refractivity contribution is 0.894. The minimum Gasteiger partial charge on any atom is -0.284 e. The number of nitrogens with one attached hydrogen (secondary N) is 1. The van der Waals surface area contributed by atoms with Crippen molar-refractivity contribution in [3.05, 3.63) is 11.8 Å². The first-order chi connectivity index (χ1) is 3.31. The predicted molar refractivity (Wildman–Crippen MR) is 32.1 cm³/mol. The van der Waals surface area contributed by atoms with Gasteiger partial charge in [0.15, 0.2) is 0 Å². The number of hydrogen-bond donors (Lipinski definition) is 1. The molecule has 0 aromatic carbocycles. The summed E-state index contributed by atoms with van der Waals surface area (Å²) in [6, 6.07) is 0. The molecule has 0 heterocycles. The second kappa shape index (κ2) is 3.40. The SMILES string of the molecule is C=NN/C(C)=C\C. The second-order valence-electron chi connectivity index (χ2n) is 1.24. The Balaban J connectivity index is 3.36. The Morgan fingerprint density at radius 1 is 1.86 bits per heavy atom. The van der Waals surface area contributed by atoms with Crippen LogP contribution in [0.3, 0.4) is 0 Å². The predicted octanol–water partition coefficient (Wildman–Crippen LogP) is 1.12. The van der Waals surface area contributed by atoms with Gasteiger partial charge in [0.25, 0.3) is 0 Å². The Morgan fingerprint density at radius 3 is 2.57 bits per heavy atom. The highest BCUT2D eigenvalue weighted by Gasteiger charge is 1.73. The number of allylic oxidation sites excluding steroid dienone is 2. The maximum absolute atomic E-state index is 3.44. The molecule has 7 heavy (non-hydrogen) atoms. The van der Waals surface area contributed by atoms with Crippen molar-refractivity contribution in [3.63, 3.8) is 0 Å². The number of hydrogen-bond acceptors (Lipinski definition) is 2. The molecule has 0 amide bonds. The fourth-order valence-corrected chi connectivity index (χ4v) is 0.189. The maximum Gasteiger partial charge on any atom is 0.0262 e. The smallest absolute Gasteiger partial charge is 0.0262 e. The molecule has 0 atom stereocenters. The molecule has 2 heteroatoms. The van der Waals surface area contributed by atoms with Gasteiger partial charge in [0.2, 0.25) is 0 Å². The molecule has 0 unspecified atom stereocenters. The first-order valence-corrected chi connectivity index (χ1v) is 2.16. The third-order valence-electron chi connectivity index (χ3n) is 0.688. The highest BCUT2D eigenvalue weighted by Crippen LogP contribution is 1.80. The summed E-state index contributed by atoms with van der Waals surface area (Å²) in [6.45, 7) is 7.11. The van der Waals surface area contributed by atoms with E-state index in [4.69, 9.17) is 0 Å². The zero-order valence-corrected chi connectivity index (χ0v) is 4.73. The van der Waals surface area contributed by atoms with E-state index in [2.05, 4.69) is 17.2 Å². The highest BCUT2D eigenvalue weighted by molar-refractivity contribution is 5.23. The molecule has 0 aliphatic carbocycles. The molecule has 1 N–H and O–H groups in total. The van der Waals surface area contributed by atoms with Gasteiger partial charge in [-0.25, -0.2) is 0 Å². The Hall–Kier alpha value is -0.790. The van der Waals surface area contributed by atoms with Crippen LogP contribution in [0.15, 0.2) is 16.9 Å². The monoisotopic (exact) mass is 98.1 g/mol. The Bertz CT molecular complexity index is 84.1. The Kier molecular flexibility index (Phi) is 3.02. The quantitative estimate of drug-likeness (QED) is 0.406. The fourth-order valence-electron chi connectivity index (χ4n) is 0.189. The Morgan fingerprint density at radius 2 is 2.43 bits per heavy atom. The minimum absolute atomic E-state index is 1.02. The molecule has 0 aromatic rings. The van der Waals surface area contributed by atoms with Crippen molar-refractivity contribution < 1.29 is 0 Å². The summed E-state index contributed by atoms with van der Waals surface area (Å²) in [7, 11) is 0. The topological polar surface area (TPSA) is 24.4 Å². The number of rotatable bonds is 2. The van der Waals surface area contributed by atoms with Crippen LogP contribution in [0.2, 0.25) is 0 Å². The van der Waals surface area contributed by atoms with E-state index in [1.165, 1.54) is 0 Å². The summed E-state index contributed by atoms with van der Waals surface area (Å²) >= 11 is 0. The van der Waals surface area contributed by atoms with Crippen LogP contribution in [0.5, 0.6) is 0 Å². The van der Waals surface area contributed by atoms with Gasteiger partial charge < -0.3 is 0 Å². The van der Waals surface area contributed by atoms with E-state index in [0.717, 1.165) is 5.70 Å². The van der Waals surface area contributed by atoms with Gasteiger partial charge in [-0.05, 0) is 13.8 Å². The van der Waals surface area contributed by atoms with Gasteiger partial charge in [0.1, 0.15) is 0 Å². The average Bonchev–Trinajstić information content (AvgIpc) is 1.68. The van der Waals surface area contributed by atoms with Crippen LogP contribution in [-0.4, -0.2) is 6.72 Å². The molecule has 0 aliphatic heterocycles. The van der Waals surface area contributed by atoms with Crippen LogP contribution in [0.25, 0.3) is 0 Å². The molecule has 0 saturated carbocycles. The summed E-state index contributed by atoms with van der Waals surface area (Å²) in [6.07, 6.45) is 1.93. The molecular formula is C5H10N2. The summed E-state index contributed by atoms with van der Waals surface area (Å²) < 4.78 is 0. The second-order valence-corrected chi connectivity index (χ2v) is 1.24. The molecule has 0 rings (SSSR count). The molecule has 0 saturated heterocycles. The van der Waals surface area contributed by atoms with E-state index in [9.17, 15) is 0 Å². The first kappa shape index (κ1) is 6.21. The normalized spacial score (nSPS) is 10.9. The molecule has 40 valence electrons. The van der Waals surface area contributed by atoms with Gasteiger partial charge in [-0.3, -0.25) is 5.43 Å². The lowest BCUT2D eigenvalue weighted by Crippen LogP contribution is -1.98. The van der Waals surface area contributed by atoms with Crippen LogP contribution < -0.4 is 5.43 Å². The minimum atomic E-state index is 1.02. The fraction of sp³-hybridized carbons (Fsp3) is 0.400. The summed E-state index contributed by atoms with van der Waals surface area (Å²) in [4.78, 5) is 0. The van der Waals surface area contributed by atoms with Crippen LogP contribution in [0.4, 0.5) is 0 Å². The maximum atomic E-state index is 3.44. The van der Waals surface area contributed by atoms with Crippen LogP contribution in [0.1, 0.15) is 13.8 Å². The van der Waals surface area contributed by atoms with Crippen molar-refractivity contribution in [1.82, 2.24) is 5.43 Å². The van der Waals surface area contributed by atoms with Crippen LogP contribution in [0, 0.1) is 0 Å². The molecule has 0 spiro atoms. The van der Waals surface area contributed by atoms with Crippen LogP contribution >= 0.6 is 0 Å². The third-order valence-corrected chi connectivity index (χ3v) is 0.688. The Labute approximate surface area is 43.9 Å². The van der Waals surface area contributed by atoms with Crippen molar-refractivity contribution in [2.75, 3.05) is 0 Å². The number of nitrogens with zero attached hydrogens (tertiary/aromatic N) is 1. The van der Waals surface area contributed by atoms with Gasteiger partial charge in [-0.15, -0.1) is 0 Å². The van der Waals surface area contributed by atoms with E-state index in [1.807, 2.05) is 19.9 Å². The van der Waals surface area contributed by atoms with Gasteiger partial charge in [0.05, 0.1) is 0 Å². The van der Waals surface area contributed by atoms with E-state index >= 15 is 0 Å². The number of hydrazone groups is 1. The molecule has 0 bridgehead atoms. The first-order valence-electron chi connectivity index (χ1n) is 2.16. The lowest BCUT2D eigenvalue weighted by Gasteiger charge is -1.92. The van der Waals surface area contributed by atoms with Crippen molar-refractivity contribution >= 4 is 6.72 Å². The van der Waals surface area contributed by atoms with Crippen molar-refractivity contribution in [1.29, 1.82) is 0 Å². The molecule has 0 aliphatic rings. The van der Waals surface area contributed by atoms with E-state index in [1.54, 1.807) is 0 Å². The summed E-state index contributed by atoms with van der Waals surface area (Å²) in [5.41, 5.74) is 3.69. The van der Waals surface area contributed by atoms with Gasteiger partial charge in [-0.1, -0.05) is 6.08 Å². The largest absolute Gasteiger partial charge is 0.284 e. The molecule has 0 radical (unpaired) electrons. The van der Waals surface area contributed by atoms with Gasteiger partial charge >= 0.3 is 0 Å². The highest BCUT2D eigenvalue weighted by atomic mass is 15.3. The lowest BCUT2D eigenvalue weighted by atomic mass is 10.5. The average molecular weight is 98.1 g/mol. The van der Waals surface area contributed by atoms with E-state index < -0.39 is 0 Å². The zero-order valence-electron chi connectivity index (χ0n) is 4.73. The van der Waals surface area contributed by atoms with Crippen LogP contribution in [-0.2, 0) is 0 Å². The summed E-state index contributed by atoms with van der Waals surface area (Å²) in [5, 5.41) is 3.44. The van der Waals surface area contributed by atoms with Crippen molar-refractivity contribution in [2.24, 2.45) is 5.10 Å². The molecule has 2 nitrogen and oxygen atoms in total. The van der Waals surface area contributed by atoms with E-state index in [-0.39, 0.29) is 0 Å². The molecule has 0 aromatic heterocycles. The van der Waals surface area contributed by atoms with E-state index in [0.29, 0.717) is 0 Å². The van der Waals surface area contributed by atoms with Gasteiger partial charge in [-0.2, -0.15) is 5.10 Å². The summed E-state index contributed by atoms with van der Waals surface area (Å²) in [5.74, 6) is 0.